The van der Waals surface area contributed by atoms with Gasteiger partial charge in [-0.05, 0) is 69.4 Å². The molecule has 1 saturated carbocycles. The Morgan fingerprint density at radius 2 is 1.87 bits per heavy atom. The molecule has 0 atom stereocenters. The Balaban J connectivity index is 1.56. The third kappa shape index (κ3) is 5.71. The second kappa shape index (κ2) is 11.6. The number of carbonyl (C=O) groups excluding carboxylic acids is 2. The zero-order valence-electron chi connectivity index (χ0n) is 23.3. The molecular weight excluding hydrogens is 480 g/mol. The molecular formula is C31H40N2O5. The molecule has 0 saturated heterocycles. The van der Waals surface area contributed by atoms with Crippen LogP contribution in [0.2, 0.25) is 0 Å². The van der Waals surface area contributed by atoms with Gasteiger partial charge in [0.25, 0.3) is 5.91 Å². The lowest BCUT2D eigenvalue weighted by atomic mass is 9.98. The molecule has 7 nitrogen and oxygen atoms in total. The van der Waals surface area contributed by atoms with Gasteiger partial charge in [-0.1, -0.05) is 50.5 Å². The minimum Gasteiger partial charge on any atom is -0.496 e. The summed E-state index contributed by atoms with van der Waals surface area (Å²) in [6.45, 7) is 8.10. The van der Waals surface area contributed by atoms with Crippen molar-refractivity contribution < 1.29 is 23.8 Å². The highest BCUT2D eigenvalue weighted by atomic mass is 16.6. The van der Waals surface area contributed by atoms with E-state index in [1.54, 1.807) is 27.9 Å². The predicted octanol–water partition coefficient (Wildman–Crippen LogP) is 6.33. The Hall–Kier alpha value is -3.35. The van der Waals surface area contributed by atoms with Crippen molar-refractivity contribution in [2.24, 2.45) is 4.99 Å². The molecule has 0 N–H and O–H groups in total. The molecule has 4 rings (SSSR count). The molecule has 2 aliphatic rings. The first-order chi connectivity index (χ1) is 18.2. The van der Waals surface area contributed by atoms with Gasteiger partial charge in [0.15, 0.2) is 5.60 Å². The van der Waals surface area contributed by atoms with Crippen molar-refractivity contribution in [3.63, 3.8) is 0 Å². The minimum absolute atomic E-state index is 0.151. The molecule has 0 unspecified atom stereocenters. The average Bonchev–Trinajstić information content (AvgIpc) is 3.48. The first-order valence-electron chi connectivity index (χ1n) is 13.8. The molecule has 38 heavy (non-hydrogen) atoms. The highest BCUT2D eigenvalue weighted by Gasteiger charge is 2.49. The van der Waals surface area contributed by atoms with E-state index in [0.29, 0.717) is 24.7 Å². The van der Waals surface area contributed by atoms with E-state index in [9.17, 15) is 9.59 Å². The first kappa shape index (κ1) is 27.7. The molecule has 1 fully saturated rings. The summed E-state index contributed by atoms with van der Waals surface area (Å²) < 4.78 is 16.9. The number of benzene rings is 2. The fraction of sp³-hybridized carbons (Fsp3) is 0.516. The fourth-order valence-corrected chi connectivity index (χ4v) is 5.32. The van der Waals surface area contributed by atoms with Gasteiger partial charge in [0, 0.05) is 12.0 Å². The van der Waals surface area contributed by atoms with E-state index in [-0.39, 0.29) is 5.91 Å². The highest BCUT2D eigenvalue weighted by Crippen LogP contribution is 2.41. The first-order valence-corrected chi connectivity index (χ1v) is 13.8. The van der Waals surface area contributed by atoms with Gasteiger partial charge < -0.3 is 14.2 Å². The smallest absolute Gasteiger partial charge is 0.349 e. The summed E-state index contributed by atoms with van der Waals surface area (Å²) in [7, 11) is 1.65. The van der Waals surface area contributed by atoms with E-state index in [4.69, 9.17) is 19.2 Å². The van der Waals surface area contributed by atoms with Crippen LogP contribution in [0.3, 0.4) is 0 Å². The van der Waals surface area contributed by atoms with E-state index in [1.165, 1.54) is 0 Å². The SMILES string of the molecule is CCCCC1=NC2(CCCC2)C(=O)N1Cc1ccc(-c2cccc(OC(C)(C)C(=O)OCC)c2)c(OC)c1. The lowest BCUT2D eigenvalue weighted by molar-refractivity contribution is -0.158. The van der Waals surface area contributed by atoms with Gasteiger partial charge in [-0.15, -0.1) is 0 Å². The van der Waals surface area contributed by atoms with Crippen molar-refractivity contribution in [1.29, 1.82) is 0 Å². The Kier molecular flexibility index (Phi) is 8.44. The van der Waals surface area contributed by atoms with Crippen LogP contribution in [-0.4, -0.2) is 47.5 Å². The van der Waals surface area contributed by atoms with Gasteiger partial charge in [-0.25, -0.2) is 4.79 Å². The number of esters is 1. The molecule has 0 bridgehead atoms. The highest BCUT2D eigenvalue weighted by molar-refractivity contribution is 6.08. The molecule has 204 valence electrons. The quantitative estimate of drug-likeness (QED) is 0.324. The fourth-order valence-electron chi connectivity index (χ4n) is 5.32. The number of amidine groups is 1. The largest absolute Gasteiger partial charge is 0.496 e. The summed E-state index contributed by atoms with van der Waals surface area (Å²) >= 11 is 0. The number of carbonyl (C=O) groups is 2. The van der Waals surface area contributed by atoms with Gasteiger partial charge in [-0.2, -0.15) is 0 Å². The topological polar surface area (TPSA) is 77.4 Å². The molecule has 2 aromatic carbocycles. The maximum atomic E-state index is 13.5. The van der Waals surface area contributed by atoms with Crippen LogP contribution in [0.5, 0.6) is 11.5 Å². The van der Waals surface area contributed by atoms with Crippen LogP contribution in [0.25, 0.3) is 11.1 Å². The van der Waals surface area contributed by atoms with Crippen LogP contribution in [0.1, 0.15) is 78.2 Å². The van der Waals surface area contributed by atoms with Crippen molar-refractivity contribution in [2.45, 2.75) is 90.3 Å². The van der Waals surface area contributed by atoms with Crippen LogP contribution in [0.4, 0.5) is 0 Å². The number of ether oxygens (including phenoxy) is 3. The third-order valence-electron chi connectivity index (χ3n) is 7.37. The maximum Gasteiger partial charge on any atom is 0.349 e. The standard InChI is InChI=1S/C31H40N2O5/c1-6-8-14-27-32-31(17-9-10-18-31)28(34)33(27)21-22-15-16-25(26(19-22)36-5)23-12-11-13-24(20-23)38-30(3,4)29(35)37-7-2/h11-13,15-16,19-20H,6-10,14,17-18,21H2,1-5H3. The Labute approximate surface area is 226 Å². The normalized spacial score (nSPS) is 16.6. The lowest BCUT2D eigenvalue weighted by Gasteiger charge is -2.24. The van der Waals surface area contributed by atoms with E-state index >= 15 is 0 Å². The summed E-state index contributed by atoms with van der Waals surface area (Å²) in [5.41, 5.74) is 1.14. The number of unbranched alkanes of at least 4 members (excludes halogenated alkanes) is 1. The van der Waals surface area contributed by atoms with Gasteiger partial charge in [0.1, 0.15) is 22.9 Å². The summed E-state index contributed by atoms with van der Waals surface area (Å²) in [4.78, 5) is 32.7. The van der Waals surface area contributed by atoms with Crippen LogP contribution in [0.15, 0.2) is 47.5 Å². The van der Waals surface area contributed by atoms with Crippen LogP contribution >= 0.6 is 0 Å². The maximum absolute atomic E-state index is 13.5. The summed E-state index contributed by atoms with van der Waals surface area (Å²) in [6, 6.07) is 13.6. The van der Waals surface area contributed by atoms with Gasteiger partial charge in [0.2, 0.25) is 0 Å². The lowest BCUT2D eigenvalue weighted by Crippen LogP contribution is -2.40. The molecule has 7 heteroatoms. The van der Waals surface area contributed by atoms with Crippen molar-refractivity contribution in [2.75, 3.05) is 13.7 Å². The molecule has 1 spiro atoms. The molecule has 1 aliphatic carbocycles. The summed E-state index contributed by atoms with van der Waals surface area (Å²) in [5, 5.41) is 0. The molecule has 2 aromatic rings. The number of amides is 1. The Morgan fingerprint density at radius 3 is 2.55 bits per heavy atom. The molecule has 0 aromatic heterocycles. The molecule has 1 aliphatic heterocycles. The van der Waals surface area contributed by atoms with E-state index in [2.05, 4.69) is 6.92 Å². The average molecular weight is 521 g/mol. The zero-order chi connectivity index (χ0) is 27.3. The van der Waals surface area contributed by atoms with Crippen LogP contribution in [-0.2, 0) is 20.9 Å². The second-order valence-corrected chi connectivity index (χ2v) is 10.7. The van der Waals surface area contributed by atoms with E-state index in [1.807, 2.05) is 47.4 Å². The number of aliphatic imine (C=N–C) groups is 1. The van der Waals surface area contributed by atoms with E-state index in [0.717, 1.165) is 67.5 Å². The summed E-state index contributed by atoms with van der Waals surface area (Å²) in [5.74, 6) is 1.94. The minimum atomic E-state index is -1.11. The summed E-state index contributed by atoms with van der Waals surface area (Å²) in [6.07, 6.45) is 6.74. The predicted molar refractivity (Wildman–Crippen MR) is 148 cm³/mol. The van der Waals surface area contributed by atoms with Crippen LogP contribution in [0, 0.1) is 0 Å². The van der Waals surface area contributed by atoms with Gasteiger partial charge >= 0.3 is 5.97 Å². The van der Waals surface area contributed by atoms with Crippen molar-refractivity contribution >= 4 is 17.7 Å². The Bertz CT molecular complexity index is 1200. The number of nitrogens with zero attached hydrogens (tertiary/aromatic N) is 2. The van der Waals surface area contributed by atoms with Gasteiger partial charge in [-0.3, -0.25) is 14.7 Å². The number of rotatable bonds is 11. The molecule has 1 heterocycles. The second-order valence-electron chi connectivity index (χ2n) is 10.7. The monoisotopic (exact) mass is 520 g/mol. The number of hydrogen-bond donors (Lipinski definition) is 0. The van der Waals surface area contributed by atoms with E-state index < -0.39 is 17.1 Å². The number of methoxy groups -OCH3 is 1. The van der Waals surface area contributed by atoms with Gasteiger partial charge in [0.05, 0.1) is 20.3 Å². The molecule has 0 radical (unpaired) electrons. The molecule has 1 amide bonds. The van der Waals surface area contributed by atoms with Crippen molar-refractivity contribution in [3.8, 4) is 22.6 Å². The van der Waals surface area contributed by atoms with Crippen molar-refractivity contribution in [1.82, 2.24) is 4.90 Å². The number of hydrogen-bond acceptors (Lipinski definition) is 6. The Morgan fingerprint density at radius 1 is 1.11 bits per heavy atom. The van der Waals surface area contributed by atoms with Crippen LogP contribution < -0.4 is 9.47 Å². The third-order valence-corrected chi connectivity index (χ3v) is 7.37. The van der Waals surface area contributed by atoms with Crippen molar-refractivity contribution in [3.05, 3.63) is 48.0 Å². The zero-order valence-corrected chi connectivity index (χ0v) is 23.3.